The van der Waals surface area contributed by atoms with E-state index in [1.165, 1.54) is 6.92 Å². The van der Waals surface area contributed by atoms with Gasteiger partial charge in [0, 0.05) is 17.1 Å². The number of fused-ring (bicyclic) bond motifs is 1. The highest BCUT2D eigenvalue weighted by Crippen LogP contribution is 2.22. The van der Waals surface area contributed by atoms with Crippen LogP contribution in [-0.2, 0) is 16.0 Å². The number of hydrogen-bond acceptors (Lipinski definition) is 2. The maximum absolute atomic E-state index is 11.8. The first-order chi connectivity index (χ1) is 8.99. The normalized spacial score (nSPS) is 12.3. The van der Waals surface area contributed by atoms with Crippen LogP contribution in [0.15, 0.2) is 24.4 Å². The van der Waals surface area contributed by atoms with Gasteiger partial charge >= 0.3 is 5.97 Å². The first-order valence-corrected chi connectivity index (χ1v) is 6.07. The zero-order valence-corrected chi connectivity index (χ0v) is 10.9. The fourth-order valence-corrected chi connectivity index (χ4v) is 2.12. The number of aliphatic carboxylic acids is 1. The van der Waals surface area contributed by atoms with Gasteiger partial charge in [-0.1, -0.05) is 12.1 Å². The van der Waals surface area contributed by atoms with E-state index in [1.54, 1.807) is 6.20 Å². The van der Waals surface area contributed by atoms with Crippen LogP contribution >= 0.6 is 0 Å². The predicted molar refractivity (Wildman–Crippen MR) is 72.0 cm³/mol. The van der Waals surface area contributed by atoms with E-state index in [0.717, 1.165) is 22.0 Å². The molecule has 2 rings (SSSR count). The van der Waals surface area contributed by atoms with Crippen molar-refractivity contribution in [3.8, 4) is 0 Å². The molecule has 0 radical (unpaired) electrons. The topological polar surface area (TPSA) is 82.2 Å². The van der Waals surface area contributed by atoms with Gasteiger partial charge in [0.1, 0.15) is 6.04 Å². The molecule has 0 spiro atoms. The minimum absolute atomic E-state index is 0.169. The Morgan fingerprint density at radius 1 is 1.42 bits per heavy atom. The van der Waals surface area contributed by atoms with Gasteiger partial charge in [0.2, 0.25) is 5.91 Å². The molecule has 0 aliphatic carbocycles. The Kier molecular flexibility index (Phi) is 3.55. The quantitative estimate of drug-likeness (QED) is 0.781. The van der Waals surface area contributed by atoms with Gasteiger partial charge in [-0.2, -0.15) is 0 Å². The largest absolute Gasteiger partial charge is 0.480 e. The summed E-state index contributed by atoms with van der Waals surface area (Å²) >= 11 is 0. The number of amides is 1. The van der Waals surface area contributed by atoms with Gasteiger partial charge in [0.15, 0.2) is 0 Å². The fraction of sp³-hybridized carbons (Fsp3) is 0.286. The highest BCUT2D eigenvalue weighted by atomic mass is 16.4. The maximum atomic E-state index is 11.8. The molecule has 0 fully saturated rings. The summed E-state index contributed by atoms with van der Waals surface area (Å²) in [4.78, 5) is 25.6. The molecule has 3 N–H and O–H groups in total. The first kappa shape index (κ1) is 13.1. The lowest BCUT2D eigenvalue weighted by atomic mass is 10.1. The standard InChI is InChI=1S/C14H16N2O3/c1-8-4-3-5-11-13(8)10(7-15-11)6-12(17)16-9(2)14(18)19/h3-5,7,9,15H,6H2,1-2H3,(H,16,17)(H,18,19). The number of carbonyl (C=O) groups is 2. The van der Waals surface area contributed by atoms with E-state index in [-0.39, 0.29) is 12.3 Å². The number of benzene rings is 1. The summed E-state index contributed by atoms with van der Waals surface area (Å²) in [5.41, 5.74) is 2.95. The number of aromatic amines is 1. The molecule has 2 aromatic rings. The Balaban J connectivity index is 2.18. The lowest BCUT2D eigenvalue weighted by Crippen LogP contribution is -2.39. The number of carbonyl (C=O) groups excluding carboxylic acids is 1. The van der Waals surface area contributed by atoms with Gasteiger partial charge in [-0.3, -0.25) is 9.59 Å². The molecule has 0 bridgehead atoms. The van der Waals surface area contributed by atoms with Crippen molar-refractivity contribution in [1.82, 2.24) is 10.3 Å². The van der Waals surface area contributed by atoms with Gasteiger partial charge in [0.25, 0.3) is 0 Å². The SMILES string of the molecule is Cc1cccc2[nH]cc(CC(=O)NC(C)C(=O)O)c12. The van der Waals surface area contributed by atoms with Crippen LogP contribution in [0.2, 0.25) is 0 Å². The summed E-state index contributed by atoms with van der Waals surface area (Å²) in [6.07, 6.45) is 1.96. The molecule has 1 aromatic heterocycles. The second-order valence-corrected chi connectivity index (χ2v) is 4.62. The molecule has 0 aliphatic rings. The third kappa shape index (κ3) is 2.76. The van der Waals surface area contributed by atoms with Crippen molar-refractivity contribution in [2.24, 2.45) is 0 Å². The summed E-state index contributed by atoms with van der Waals surface area (Å²) in [5.74, 6) is -1.33. The van der Waals surface area contributed by atoms with E-state index < -0.39 is 12.0 Å². The molecule has 5 nitrogen and oxygen atoms in total. The van der Waals surface area contributed by atoms with Gasteiger partial charge in [-0.05, 0) is 31.0 Å². The molecule has 1 amide bonds. The zero-order chi connectivity index (χ0) is 14.0. The predicted octanol–water partition coefficient (Wildman–Crippen LogP) is 1.61. The van der Waals surface area contributed by atoms with Crippen molar-refractivity contribution in [3.63, 3.8) is 0 Å². The van der Waals surface area contributed by atoms with Crippen LogP contribution < -0.4 is 5.32 Å². The Morgan fingerprint density at radius 3 is 2.84 bits per heavy atom. The molecule has 1 heterocycles. The fourth-order valence-electron chi connectivity index (χ4n) is 2.12. The third-order valence-electron chi connectivity index (χ3n) is 3.09. The zero-order valence-electron chi connectivity index (χ0n) is 10.9. The number of carboxylic acid groups (broad SMARTS) is 1. The van der Waals surface area contributed by atoms with Gasteiger partial charge < -0.3 is 15.4 Å². The first-order valence-electron chi connectivity index (χ1n) is 6.07. The number of H-pyrrole nitrogens is 1. The molecule has 5 heteroatoms. The smallest absolute Gasteiger partial charge is 0.325 e. The molecule has 1 aromatic carbocycles. The van der Waals surface area contributed by atoms with E-state index in [9.17, 15) is 9.59 Å². The van der Waals surface area contributed by atoms with Crippen molar-refractivity contribution in [1.29, 1.82) is 0 Å². The van der Waals surface area contributed by atoms with Gasteiger partial charge in [0.05, 0.1) is 6.42 Å². The average molecular weight is 260 g/mol. The second-order valence-electron chi connectivity index (χ2n) is 4.62. The monoisotopic (exact) mass is 260 g/mol. The van der Waals surface area contributed by atoms with Crippen molar-refractivity contribution in [2.45, 2.75) is 26.3 Å². The van der Waals surface area contributed by atoms with Crippen LogP contribution in [0.4, 0.5) is 0 Å². The lowest BCUT2D eigenvalue weighted by molar-refractivity contribution is -0.141. The number of aryl methyl sites for hydroxylation is 1. The molecular weight excluding hydrogens is 244 g/mol. The van der Waals surface area contributed by atoms with Crippen molar-refractivity contribution in [3.05, 3.63) is 35.5 Å². The third-order valence-corrected chi connectivity index (χ3v) is 3.09. The van der Waals surface area contributed by atoms with E-state index in [0.29, 0.717) is 0 Å². The highest BCUT2D eigenvalue weighted by Gasteiger charge is 2.16. The number of carboxylic acids is 1. The molecular formula is C14H16N2O3. The van der Waals surface area contributed by atoms with Crippen LogP contribution in [0, 0.1) is 6.92 Å². The molecule has 1 atom stereocenters. The summed E-state index contributed by atoms with van der Waals surface area (Å²) in [5, 5.41) is 12.2. The average Bonchev–Trinajstić information content (AvgIpc) is 2.73. The number of hydrogen-bond donors (Lipinski definition) is 3. The number of nitrogens with one attached hydrogen (secondary N) is 2. The van der Waals surface area contributed by atoms with Crippen LogP contribution in [0.1, 0.15) is 18.1 Å². The minimum Gasteiger partial charge on any atom is -0.480 e. The minimum atomic E-state index is -1.04. The van der Waals surface area contributed by atoms with Crippen LogP contribution in [0.5, 0.6) is 0 Å². The second kappa shape index (κ2) is 5.14. The maximum Gasteiger partial charge on any atom is 0.325 e. The molecule has 19 heavy (non-hydrogen) atoms. The Morgan fingerprint density at radius 2 is 2.16 bits per heavy atom. The van der Waals surface area contributed by atoms with Crippen molar-refractivity contribution < 1.29 is 14.7 Å². The lowest BCUT2D eigenvalue weighted by Gasteiger charge is -2.09. The van der Waals surface area contributed by atoms with Gasteiger partial charge in [-0.15, -0.1) is 0 Å². The number of rotatable bonds is 4. The van der Waals surface area contributed by atoms with Gasteiger partial charge in [-0.25, -0.2) is 0 Å². The Labute approximate surface area is 110 Å². The highest BCUT2D eigenvalue weighted by molar-refractivity contribution is 5.92. The van der Waals surface area contributed by atoms with E-state index >= 15 is 0 Å². The van der Waals surface area contributed by atoms with Crippen LogP contribution in [-0.4, -0.2) is 28.0 Å². The Hall–Kier alpha value is -2.30. The van der Waals surface area contributed by atoms with Crippen LogP contribution in [0.3, 0.4) is 0 Å². The van der Waals surface area contributed by atoms with E-state index in [1.807, 2.05) is 25.1 Å². The Bertz CT molecular complexity index is 631. The van der Waals surface area contributed by atoms with Crippen molar-refractivity contribution >= 4 is 22.8 Å². The molecule has 100 valence electrons. The molecule has 0 aliphatic heterocycles. The van der Waals surface area contributed by atoms with Crippen LogP contribution in [0.25, 0.3) is 10.9 Å². The summed E-state index contributed by atoms with van der Waals surface area (Å²) in [6.45, 7) is 3.43. The summed E-state index contributed by atoms with van der Waals surface area (Å²) in [7, 11) is 0. The van der Waals surface area contributed by atoms with Crippen molar-refractivity contribution in [2.75, 3.05) is 0 Å². The summed E-state index contributed by atoms with van der Waals surface area (Å²) in [6, 6.07) is 5.00. The summed E-state index contributed by atoms with van der Waals surface area (Å²) < 4.78 is 0. The number of aromatic nitrogens is 1. The van der Waals surface area contributed by atoms with E-state index in [2.05, 4.69) is 10.3 Å². The molecule has 1 unspecified atom stereocenters. The molecule has 0 saturated heterocycles. The van der Waals surface area contributed by atoms with E-state index in [4.69, 9.17) is 5.11 Å². The molecule has 0 saturated carbocycles.